The normalized spacial score (nSPS) is 21.2. The van der Waals surface area contributed by atoms with Crippen LogP contribution >= 0.6 is 0 Å². The molecule has 1 aromatic heterocycles. The molecule has 1 atom stereocenters. The van der Waals surface area contributed by atoms with E-state index in [9.17, 15) is 14.7 Å². The van der Waals surface area contributed by atoms with Gasteiger partial charge >= 0.3 is 0 Å². The number of hydrogen-bond acceptors (Lipinski definition) is 5. The van der Waals surface area contributed by atoms with Gasteiger partial charge in [-0.15, -0.1) is 0 Å². The second-order valence-electron chi connectivity index (χ2n) is 6.99. The van der Waals surface area contributed by atoms with Crippen molar-refractivity contribution in [3.8, 4) is 17.5 Å². The molecule has 1 aromatic carbocycles. The lowest BCUT2D eigenvalue weighted by atomic mass is 10.0. The monoisotopic (exact) mass is 380 g/mol. The molecule has 1 fully saturated rings. The van der Waals surface area contributed by atoms with Gasteiger partial charge < -0.3 is 20.5 Å². The van der Waals surface area contributed by atoms with Crippen molar-refractivity contribution < 1.29 is 19.4 Å². The predicted octanol–water partition coefficient (Wildman–Crippen LogP) is -0.0114. The molecule has 4 rings (SSSR count). The Morgan fingerprint density at radius 2 is 2.25 bits per heavy atom. The number of nitrogens with two attached hydrogens (primary N) is 1. The minimum absolute atomic E-state index is 0.253. The van der Waals surface area contributed by atoms with Gasteiger partial charge in [-0.1, -0.05) is 17.9 Å². The standard InChI is InChI=1S/C20H20N4O4/c1-23-9-8-20(27,19(23)26)7-5-13-3-2-4-14(11-13)24-16-12-28-10-6-15(16)17(22-24)18(21)25/h2-4,11,27H,6,8-10,12H2,1H3,(H2,21,25). The lowest BCUT2D eigenvalue weighted by Crippen LogP contribution is -2.37. The highest BCUT2D eigenvalue weighted by atomic mass is 16.5. The largest absolute Gasteiger partial charge is 0.375 e. The van der Waals surface area contributed by atoms with Crippen LogP contribution in [0.4, 0.5) is 0 Å². The number of aliphatic hydroxyl groups is 1. The fourth-order valence-electron chi connectivity index (χ4n) is 3.51. The number of carbonyl (C=O) groups excluding carboxylic acids is 2. The number of likely N-dealkylation sites (tertiary alicyclic amines) is 1. The van der Waals surface area contributed by atoms with Gasteiger partial charge in [0.15, 0.2) is 5.69 Å². The number of fused-ring (bicyclic) bond motifs is 1. The van der Waals surface area contributed by atoms with Crippen molar-refractivity contribution in [3.63, 3.8) is 0 Å². The Balaban J connectivity index is 1.71. The van der Waals surface area contributed by atoms with E-state index in [1.54, 1.807) is 29.9 Å². The number of primary amides is 1. The summed E-state index contributed by atoms with van der Waals surface area (Å²) in [6.45, 7) is 1.33. The maximum absolute atomic E-state index is 12.1. The highest BCUT2D eigenvalue weighted by molar-refractivity contribution is 5.92. The van der Waals surface area contributed by atoms with Crippen molar-refractivity contribution in [2.75, 3.05) is 20.2 Å². The first kappa shape index (κ1) is 18.2. The van der Waals surface area contributed by atoms with Crippen molar-refractivity contribution in [2.24, 2.45) is 5.73 Å². The molecule has 0 spiro atoms. The van der Waals surface area contributed by atoms with E-state index in [0.717, 1.165) is 11.3 Å². The summed E-state index contributed by atoms with van der Waals surface area (Å²) in [5.41, 5.74) is 6.99. The van der Waals surface area contributed by atoms with Crippen LogP contribution in [0.25, 0.3) is 5.69 Å². The molecule has 8 heteroatoms. The fraction of sp³-hybridized carbons (Fsp3) is 0.350. The summed E-state index contributed by atoms with van der Waals surface area (Å²) in [5.74, 6) is 4.63. The molecule has 1 unspecified atom stereocenters. The first-order valence-electron chi connectivity index (χ1n) is 8.99. The molecule has 2 amide bonds. The Morgan fingerprint density at radius 1 is 1.43 bits per heavy atom. The van der Waals surface area contributed by atoms with Crippen LogP contribution in [-0.2, 0) is 22.6 Å². The van der Waals surface area contributed by atoms with Gasteiger partial charge in [0.2, 0.25) is 5.60 Å². The fourth-order valence-corrected chi connectivity index (χ4v) is 3.51. The predicted molar refractivity (Wildman–Crippen MR) is 99.5 cm³/mol. The van der Waals surface area contributed by atoms with Gasteiger partial charge in [-0.3, -0.25) is 9.59 Å². The van der Waals surface area contributed by atoms with Gasteiger partial charge in [0.25, 0.3) is 11.8 Å². The Kier molecular flexibility index (Phi) is 4.41. The van der Waals surface area contributed by atoms with Gasteiger partial charge in [0.1, 0.15) is 0 Å². The number of likely N-dealkylation sites (N-methyl/N-ethyl adjacent to an activating group) is 1. The molecule has 0 radical (unpaired) electrons. The molecule has 3 heterocycles. The third-order valence-corrected chi connectivity index (χ3v) is 5.07. The highest BCUT2D eigenvalue weighted by Gasteiger charge is 2.42. The topological polar surface area (TPSA) is 111 Å². The summed E-state index contributed by atoms with van der Waals surface area (Å²) in [5, 5.41) is 14.8. The summed E-state index contributed by atoms with van der Waals surface area (Å²) < 4.78 is 7.16. The van der Waals surface area contributed by atoms with E-state index >= 15 is 0 Å². The number of amides is 2. The van der Waals surface area contributed by atoms with E-state index in [0.29, 0.717) is 37.4 Å². The Morgan fingerprint density at radius 3 is 2.96 bits per heavy atom. The molecule has 8 nitrogen and oxygen atoms in total. The van der Waals surface area contributed by atoms with Crippen LogP contribution in [0, 0.1) is 11.8 Å². The highest BCUT2D eigenvalue weighted by Crippen LogP contribution is 2.25. The molecular weight excluding hydrogens is 360 g/mol. The van der Waals surface area contributed by atoms with Crippen LogP contribution in [-0.4, -0.2) is 57.4 Å². The van der Waals surface area contributed by atoms with Gasteiger partial charge in [-0.25, -0.2) is 4.68 Å². The van der Waals surface area contributed by atoms with Gasteiger partial charge in [0, 0.05) is 37.6 Å². The summed E-state index contributed by atoms with van der Waals surface area (Å²) in [4.78, 5) is 25.3. The number of nitrogens with zero attached hydrogens (tertiary/aromatic N) is 3. The molecule has 144 valence electrons. The van der Waals surface area contributed by atoms with E-state index in [1.807, 2.05) is 6.07 Å². The Labute approximate surface area is 161 Å². The van der Waals surface area contributed by atoms with E-state index < -0.39 is 11.5 Å². The maximum Gasteiger partial charge on any atom is 0.269 e. The average Bonchev–Trinajstić information content (AvgIpc) is 3.21. The molecule has 2 aliphatic heterocycles. The quantitative estimate of drug-likeness (QED) is 0.712. The van der Waals surface area contributed by atoms with Crippen LogP contribution < -0.4 is 5.73 Å². The van der Waals surface area contributed by atoms with Crippen molar-refractivity contribution >= 4 is 11.8 Å². The zero-order valence-corrected chi connectivity index (χ0v) is 15.4. The molecule has 28 heavy (non-hydrogen) atoms. The second kappa shape index (κ2) is 6.78. The van der Waals surface area contributed by atoms with Crippen LogP contribution in [0.5, 0.6) is 0 Å². The lowest BCUT2D eigenvalue weighted by molar-refractivity contribution is -0.137. The minimum atomic E-state index is -1.65. The number of ether oxygens (including phenoxy) is 1. The number of aromatic nitrogens is 2. The van der Waals surface area contributed by atoms with Crippen LogP contribution in [0.15, 0.2) is 24.3 Å². The summed E-state index contributed by atoms with van der Waals surface area (Å²) in [6.07, 6.45) is 0.858. The van der Waals surface area contributed by atoms with E-state index in [1.165, 1.54) is 4.90 Å². The molecule has 3 N–H and O–H groups in total. The van der Waals surface area contributed by atoms with Gasteiger partial charge in [-0.05, 0) is 18.2 Å². The van der Waals surface area contributed by atoms with Crippen LogP contribution in [0.1, 0.15) is 33.7 Å². The average molecular weight is 380 g/mol. The first-order chi connectivity index (χ1) is 13.4. The Bertz CT molecular complexity index is 1030. The van der Waals surface area contributed by atoms with E-state index in [4.69, 9.17) is 10.5 Å². The molecule has 2 aliphatic rings. The SMILES string of the molecule is CN1CCC(O)(C#Cc2cccc(-n3nc(C(N)=O)c4c3COCC4)c2)C1=O. The van der Waals surface area contributed by atoms with Crippen LogP contribution in [0.2, 0.25) is 0 Å². The third kappa shape index (κ3) is 3.05. The van der Waals surface area contributed by atoms with Gasteiger partial charge in [0.05, 0.1) is 24.6 Å². The summed E-state index contributed by atoms with van der Waals surface area (Å²) >= 11 is 0. The number of carbonyl (C=O) groups is 2. The lowest BCUT2D eigenvalue weighted by Gasteiger charge is -2.15. The maximum atomic E-state index is 12.1. The summed E-state index contributed by atoms with van der Waals surface area (Å²) in [7, 11) is 1.64. The molecule has 2 aromatic rings. The van der Waals surface area contributed by atoms with Crippen molar-refractivity contribution in [2.45, 2.75) is 25.0 Å². The minimum Gasteiger partial charge on any atom is -0.375 e. The zero-order valence-electron chi connectivity index (χ0n) is 15.4. The third-order valence-electron chi connectivity index (χ3n) is 5.07. The summed E-state index contributed by atoms with van der Waals surface area (Å²) in [6, 6.07) is 7.20. The number of rotatable bonds is 2. The van der Waals surface area contributed by atoms with Crippen molar-refractivity contribution in [3.05, 3.63) is 46.8 Å². The molecule has 0 saturated carbocycles. The number of benzene rings is 1. The molecular formula is C20H20N4O4. The molecule has 0 bridgehead atoms. The number of hydrogen-bond donors (Lipinski definition) is 2. The zero-order chi connectivity index (χ0) is 19.9. The van der Waals surface area contributed by atoms with Crippen molar-refractivity contribution in [1.82, 2.24) is 14.7 Å². The molecule has 0 aliphatic carbocycles. The smallest absolute Gasteiger partial charge is 0.269 e. The van der Waals surface area contributed by atoms with E-state index in [-0.39, 0.29) is 18.0 Å². The van der Waals surface area contributed by atoms with Gasteiger partial charge in [-0.2, -0.15) is 5.10 Å². The Hall–Kier alpha value is -3.15. The van der Waals surface area contributed by atoms with E-state index in [2.05, 4.69) is 16.9 Å². The van der Waals surface area contributed by atoms with Crippen molar-refractivity contribution in [1.29, 1.82) is 0 Å². The second-order valence-corrected chi connectivity index (χ2v) is 6.99. The first-order valence-corrected chi connectivity index (χ1v) is 8.99. The molecule has 1 saturated heterocycles. The van der Waals surface area contributed by atoms with Crippen LogP contribution in [0.3, 0.4) is 0 Å².